The van der Waals surface area contributed by atoms with Crippen molar-refractivity contribution in [1.29, 1.82) is 0 Å². The monoisotopic (exact) mass is 372 g/mol. The lowest BCUT2D eigenvalue weighted by Gasteiger charge is -2.34. The molecule has 1 aliphatic rings. The van der Waals surface area contributed by atoms with E-state index < -0.39 is 0 Å². The van der Waals surface area contributed by atoms with Crippen LogP contribution in [0.4, 0.5) is 11.5 Å². The zero-order valence-electron chi connectivity index (χ0n) is 15.8. The van der Waals surface area contributed by atoms with Gasteiger partial charge in [-0.15, -0.1) is 0 Å². The van der Waals surface area contributed by atoms with Crippen LogP contribution in [0.25, 0.3) is 0 Å². The first-order valence-corrected chi connectivity index (χ1v) is 9.61. The molecule has 1 N–H and O–H groups in total. The van der Waals surface area contributed by atoms with Crippen LogP contribution >= 0.6 is 0 Å². The summed E-state index contributed by atoms with van der Waals surface area (Å²) in [6, 6.07) is 23.9. The van der Waals surface area contributed by atoms with Crippen molar-refractivity contribution in [3.05, 3.63) is 90.1 Å². The molecule has 5 heteroatoms. The molecule has 0 radical (unpaired) electrons. The second kappa shape index (κ2) is 8.67. The van der Waals surface area contributed by atoms with Gasteiger partial charge in [0.1, 0.15) is 5.82 Å². The van der Waals surface area contributed by atoms with Gasteiger partial charge in [0.05, 0.1) is 0 Å². The minimum atomic E-state index is 0.0675. The van der Waals surface area contributed by atoms with Gasteiger partial charge in [-0.25, -0.2) is 4.98 Å². The number of anilines is 2. The Morgan fingerprint density at radius 3 is 2.29 bits per heavy atom. The largest absolute Gasteiger partial charge is 0.340 e. The molecule has 2 heterocycles. The molecular weight excluding hydrogens is 348 g/mol. The van der Waals surface area contributed by atoms with Gasteiger partial charge in [0.15, 0.2) is 0 Å². The van der Waals surface area contributed by atoms with Gasteiger partial charge in [-0.2, -0.15) is 0 Å². The Hall–Kier alpha value is -3.18. The number of nitrogens with zero attached hydrogens (tertiary/aromatic N) is 3. The van der Waals surface area contributed by atoms with Gasteiger partial charge in [-0.3, -0.25) is 9.69 Å². The molecule has 0 atom stereocenters. The van der Waals surface area contributed by atoms with Gasteiger partial charge in [0, 0.05) is 50.2 Å². The molecule has 142 valence electrons. The molecule has 2 aromatic carbocycles. The summed E-state index contributed by atoms with van der Waals surface area (Å²) >= 11 is 0. The predicted molar refractivity (Wildman–Crippen MR) is 112 cm³/mol. The van der Waals surface area contributed by atoms with Gasteiger partial charge in [-0.1, -0.05) is 48.5 Å². The molecule has 3 aromatic rings. The van der Waals surface area contributed by atoms with E-state index in [1.165, 1.54) is 5.56 Å². The molecule has 1 saturated heterocycles. The molecule has 0 bridgehead atoms. The Morgan fingerprint density at radius 2 is 1.57 bits per heavy atom. The summed E-state index contributed by atoms with van der Waals surface area (Å²) in [4.78, 5) is 21.6. The molecule has 28 heavy (non-hydrogen) atoms. The van der Waals surface area contributed by atoms with Crippen LogP contribution in [0, 0.1) is 0 Å². The normalized spacial score (nSPS) is 14.6. The maximum absolute atomic E-state index is 12.9. The molecule has 1 aliphatic heterocycles. The lowest BCUT2D eigenvalue weighted by molar-refractivity contribution is 0.0628. The summed E-state index contributed by atoms with van der Waals surface area (Å²) < 4.78 is 0. The number of nitrogens with one attached hydrogen (secondary N) is 1. The Morgan fingerprint density at radius 1 is 0.893 bits per heavy atom. The number of rotatable bonds is 5. The number of para-hydroxylation sites is 1. The number of piperazine rings is 1. The van der Waals surface area contributed by atoms with Gasteiger partial charge >= 0.3 is 0 Å². The summed E-state index contributed by atoms with van der Waals surface area (Å²) in [7, 11) is 0. The fourth-order valence-electron chi connectivity index (χ4n) is 3.43. The number of amides is 1. The van der Waals surface area contributed by atoms with Crippen molar-refractivity contribution < 1.29 is 4.79 Å². The third kappa shape index (κ3) is 4.56. The minimum absolute atomic E-state index is 0.0675. The van der Waals surface area contributed by atoms with Crippen LogP contribution < -0.4 is 5.32 Å². The quantitative estimate of drug-likeness (QED) is 0.740. The first-order chi connectivity index (χ1) is 13.8. The molecule has 0 unspecified atom stereocenters. The van der Waals surface area contributed by atoms with Crippen molar-refractivity contribution in [3.63, 3.8) is 0 Å². The van der Waals surface area contributed by atoms with Crippen molar-refractivity contribution in [2.75, 3.05) is 31.5 Å². The Kier molecular flexibility index (Phi) is 5.64. The molecule has 0 saturated carbocycles. The number of carbonyl (C=O) groups is 1. The number of benzene rings is 2. The molecule has 0 spiro atoms. The van der Waals surface area contributed by atoms with E-state index in [9.17, 15) is 4.79 Å². The Labute approximate surface area is 165 Å². The first-order valence-electron chi connectivity index (χ1n) is 9.61. The Bertz CT molecular complexity index is 906. The van der Waals surface area contributed by atoms with Gasteiger partial charge in [-0.05, 0) is 29.8 Å². The zero-order chi connectivity index (χ0) is 19.2. The van der Waals surface area contributed by atoms with Crippen molar-refractivity contribution in [2.45, 2.75) is 6.54 Å². The van der Waals surface area contributed by atoms with Crippen molar-refractivity contribution in [1.82, 2.24) is 14.8 Å². The number of hydrogen-bond donors (Lipinski definition) is 1. The Balaban J connectivity index is 1.35. The first kappa shape index (κ1) is 18.2. The van der Waals surface area contributed by atoms with E-state index in [-0.39, 0.29) is 5.91 Å². The number of carbonyl (C=O) groups excluding carboxylic acids is 1. The van der Waals surface area contributed by atoms with E-state index in [1.807, 2.05) is 47.4 Å². The third-order valence-electron chi connectivity index (χ3n) is 4.96. The van der Waals surface area contributed by atoms with Crippen molar-refractivity contribution in [3.8, 4) is 0 Å². The predicted octanol–water partition coefficient (Wildman–Crippen LogP) is 3.78. The summed E-state index contributed by atoms with van der Waals surface area (Å²) in [5, 5.41) is 3.25. The minimum Gasteiger partial charge on any atom is -0.340 e. The SMILES string of the molecule is O=C(c1ccnc(Nc2ccccc2)c1)N1CCN(Cc2ccccc2)CC1. The summed E-state index contributed by atoms with van der Waals surface area (Å²) in [5.74, 6) is 0.748. The van der Waals surface area contributed by atoms with Crippen LogP contribution in [-0.4, -0.2) is 46.9 Å². The number of pyridine rings is 1. The van der Waals surface area contributed by atoms with Gasteiger partial charge in [0.25, 0.3) is 5.91 Å². The fraction of sp³-hybridized carbons (Fsp3) is 0.217. The van der Waals surface area contributed by atoms with Gasteiger partial charge < -0.3 is 10.2 Å². The zero-order valence-corrected chi connectivity index (χ0v) is 15.8. The molecule has 1 aromatic heterocycles. The molecular formula is C23H24N4O. The lowest BCUT2D eigenvalue weighted by Crippen LogP contribution is -2.48. The second-order valence-corrected chi connectivity index (χ2v) is 6.97. The van der Waals surface area contributed by atoms with Gasteiger partial charge in [0.2, 0.25) is 0 Å². The van der Waals surface area contributed by atoms with E-state index >= 15 is 0 Å². The van der Waals surface area contributed by atoms with E-state index in [2.05, 4.69) is 39.5 Å². The average molecular weight is 372 g/mol. The van der Waals surface area contributed by atoms with Crippen LogP contribution in [0.2, 0.25) is 0 Å². The molecule has 1 fully saturated rings. The highest BCUT2D eigenvalue weighted by Gasteiger charge is 2.22. The summed E-state index contributed by atoms with van der Waals surface area (Å²) in [6.45, 7) is 4.20. The topological polar surface area (TPSA) is 48.5 Å². The van der Waals surface area contributed by atoms with Crippen LogP contribution in [0.5, 0.6) is 0 Å². The average Bonchev–Trinajstić information content (AvgIpc) is 2.75. The van der Waals surface area contributed by atoms with E-state index in [4.69, 9.17) is 0 Å². The third-order valence-corrected chi connectivity index (χ3v) is 4.96. The molecule has 5 nitrogen and oxygen atoms in total. The summed E-state index contributed by atoms with van der Waals surface area (Å²) in [6.07, 6.45) is 1.68. The standard InChI is InChI=1S/C23H24N4O/c28-23(20-11-12-24-22(17-20)25-21-9-5-2-6-10-21)27-15-13-26(14-16-27)18-19-7-3-1-4-8-19/h1-12,17H,13-16,18H2,(H,24,25). The maximum Gasteiger partial charge on any atom is 0.254 e. The maximum atomic E-state index is 12.9. The van der Waals surface area contributed by atoms with E-state index in [0.29, 0.717) is 11.4 Å². The summed E-state index contributed by atoms with van der Waals surface area (Å²) in [5.41, 5.74) is 2.94. The highest BCUT2D eigenvalue weighted by molar-refractivity contribution is 5.95. The number of hydrogen-bond acceptors (Lipinski definition) is 4. The lowest BCUT2D eigenvalue weighted by atomic mass is 10.1. The molecule has 1 amide bonds. The van der Waals surface area contributed by atoms with Crippen LogP contribution in [0.1, 0.15) is 15.9 Å². The van der Waals surface area contributed by atoms with Crippen LogP contribution in [0.3, 0.4) is 0 Å². The van der Waals surface area contributed by atoms with Crippen molar-refractivity contribution >= 4 is 17.4 Å². The molecule has 0 aliphatic carbocycles. The number of aromatic nitrogens is 1. The smallest absolute Gasteiger partial charge is 0.254 e. The highest BCUT2D eigenvalue weighted by atomic mass is 16.2. The van der Waals surface area contributed by atoms with E-state index in [0.717, 1.165) is 38.4 Å². The fourth-order valence-corrected chi connectivity index (χ4v) is 3.43. The highest BCUT2D eigenvalue weighted by Crippen LogP contribution is 2.17. The van der Waals surface area contributed by atoms with Crippen molar-refractivity contribution in [2.24, 2.45) is 0 Å². The van der Waals surface area contributed by atoms with E-state index in [1.54, 1.807) is 12.3 Å². The van der Waals surface area contributed by atoms with Crippen LogP contribution in [0.15, 0.2) is 79.0 Å². The molecule has 4 rings (SSSR count). The second-order valence-electron chi connectivity index (χ2n) is 6.97. The van der Waals surface area contributed by atoms with Crippen LogP contribution in [-0.2, 0) is 6.54 Å².